The molecule has 0 aliphatic heterocycles. The van der Waals surface area contributed by atoms with E-state index in [1.54, 1.807) is 30.3 Å². The van der Waals surface area contributed by atoms with Crippen molar-refractivity contribution in [1.82, 2.24) is 10.2 Å². The fourth-order valence-electron chi connectivity index (χ4n) is 1.63. The van der Waals surface area contributed by atoms with Crippen molar-refractivity contribution in [2.24, 2.45) is 0 Å². The fourth-order valence-corrected chi connectivity index (χ4v) is 1.97. The van der Waals surface area contributed by atoms with Crippen molar-refractivity contribution in [3.63, 3.8) is 0 Å². The van der Waals surface area contributed by atoms with Crippen molar-refractivity contribution in [2.75, 3.05) is 10.6 Å². The van der Waals surface area contributed by atoms with Gasteiger partial charge >= 0.3 is 0 Å². The van der Waals surface area contributed by atoms with Gasteiger partial charge in [-0.1, -0.05) is 30.1 Å². The van der Waals surface area contributed by atoms with Crippen LogP contribution in [0.25, 0.3) is 0 Å². The number of halogens is 2. The number of carbonyl (C=O) groups excluding carboxylic acids is 1. The first-order valence-corrected chi connectivity index (χ1v) is 7.19. The molecule has 0 fully saturated rings. The minimum atomic E-state index is -0.0783. The summed E-state index contributed by atoms with van der Waals surface area (Å²) >= 11 is 12.0. The van der Waals surface area contributed by atoms with E-state index in [1.807, 2.05) is 6.92 Å². The minimum absolute atomic E-state index is 0.0783. The molecule has 2 N–H and O–H groups in total. The van der Waals surface area contributed by atoms with Gasteiger partial charge in [-0.2, -0.15) is 0 Å². The minimum Gasteiger partial charge on any atom is -0.337 e. The Morgan fingerprint density at radius 2 is 1.86 bits per heavy atom. The van der Waals surface area contributed by atoms with Gasteiger partial charge in [0.15, 0.2) is 11.6 Å². The molecule has 0 aliphatic rings. The van der Waals surface area contributed by atoms with E-state index >= 15 is 0 Å². The van der Waals surface area contributed by atoms with Gasteiger partial charge in [0, 0.05) is 11.4 Å². The molecule has 21 heavy (non-hydrogen) atoms. The molecule has 5 nitrogen and oxygen atoms in total. The summed E-state index contributed by atoms with van der Waals surface area (Å²) in [6.07, 6.45) is 1.24. The fraction of sp³-hybridized carbons (Fsp3) is 0.214. The Bertz CT molecular complexity index is 631. The number of nitrogens with zero attached hydrogens (tertiary/aromatic N) is 2. The highest BCUT2D eigenvalue weighted by Gasteiger charge is 2.05. The van der Waals surface area contributed by atoms with E-state index in [-0.39, 0.29) is 5.91 Å². The maximum atomic E-state index is 11.4. The van der Waals surface area contributed by atoms with Crippen LogP contribution in [0.4, 0.5) is 17.3 Å². The molecule has 0 radical (unpaired) electrons. The molecular formula is C14H14Cl2N4O. The van der Waals surface area contributed by atoms with E-state index in [4.69, 9.17) is 23.2 Å². The predicted octanol–water partition coefficient (Wildman–Crippen LogP) is 4.27. The topological polar surface area (TPSA) is 66.9 Å². The van der Waals surface area contributed by atoms with Crippen molar-refractivity contribution in [1.29, 1.82) is 0 Å². The number of hydrogen-bond donors (Lipinski definition) is 2. The Balaban J connectivity index is 2.05. The molecule has 0 saturated heterocycles. The van der Waals surface area contributed by atoms with Crippen LogP contribution < -0.4 is 10.6 Å². The van der Waals surface area contributed by atoms with E-state index in [9.17, 15) is 4.79 Å². The zero-order chi connectivity index (χ0) is 15.2. The number of carbonyl (C=O) groups is 1. The molecule has 0 aliphatic carbocycles. The Labute approximate surface area is 132 Å². The van der Waals surface area contributed by atoms with Crippen LogP contribution >= 0.6 is 23.2 Å². The molecule has 0 atom stereocenters. The molecule has 2 rings (SSSR count). The summed E-state index contributed by atoms with van der Waals surface area (Å²) in [5.41, 5.74) is 0.640. The van der Waals surface area contributed by atoms with E-state index < -0.39 is 0 Å². The smallest absolute Gasteiger partial charge is 0.225 e. The molecule has 0 spiro atoms. The second-order valence-corrected chi connectivity index (χ2v) is 5.19. The van der Waals surface area contributed by atoms with Crippen molar-refractivity contribution >= 4 is 46.4 Å². The highest BCUT2D eigenvalue weighted by Crippen LogP contribution is 2.27. The molecule has 0 saturated carbocycles. The van der Waals surface area contributed by atoms with Crippen molar-refractivity contribution in [3.05, 3.63) is 40.4 Å². The molecule has 1 aromatic heterocycles. The summed E-state index contributed by atoms with van der Waals surface area (Å²) in [7, 11) is 0. The van der Waals surface area contributed by atoms with Crippen LogP contribution in [0, 0.1) is 0 Å². The zero-order valence-corrected chi connectivity index (χ0v) is 12.9. The van der Waals surface area contributed by atoms with E-state index in [0.717, 1.165) is 6.42 Å². The number of benzene rings is 1. The first kappa shape index (κ1) is 15.5. The van der Waals surface area contributed by atoms with Gasteiger partial charge in [0.25, 0.3) is 0 Å². The molecule has 110 valence electrons. The summed E-state index contributed by atoms with van der Waals surface area (Å²) in [4.78, 5) is 11.4. The number of hydrogen-bond acceptors (Lipinski definition) is 4. The Morgan fingerprint density at radius 3 is 2.52 bits per heavy atom. The van der Waals surface area contributed by atoms with Crippen LogP contribution in [0.15, 0.2) is 30.3 Å². The summed E-state index contributed by atoms with van der Waals surface area (Å²) < 4.78 is 0. The lowest BCUT2D eigenvalue weighted by Crippen LogP contribution is -2.12. The Morgan fingerprint density at radius 1 is 1.14 bits per heavy atom. The monoisotopic (exact) mass is 324 g/mol. The normalized spacial score (nSPS) is 10.2. The summed E-state index contributed by atoms with van der Waals surface area (Å²) in [6, 6.07) is 8.46. The largest absolute Gasteiger partial charge is 0.337 e. The molecule has 2 aromatic rings. The number of nitrogens with one attached hydrogen (secondary N) is 2. The Hall–Kier alpha value is -1.85. The molecule has 7 heteroatoms. The molecule has 0 bridgehead atoms. The number of amides is 1. The first-order chi connectivity index (χ1) is 10.1. The summed E-state index contributed by atoms with van der Waals surface area (Å²) in [5, 5.41) is 14.7. The second kappa shape index (κ2) is 7.24. The molecule has 1 aromatic carbocycles. The van der Waals surface area contributed by atoms with Crippen LogP contribution in [0.3, 0.4) is 0 Å². The SMILES string of the molecule is CCCC(=O)Nc1ccc(Nc2cc(Cl)ccc2Cl)nn1. The van der Waals surface area contributed by atoms with Crippen molar-refractivity contribution in [3.8, 4) is 0 Å². The molecule has 1 amide bonds. The lowest BCUT2D eigenvalue weighted by Gasteiger charge is -2.08. The highest BCUT2D eigenvalue weighted by atomic mass is 35.5. The average molecular weight is 325 g/mol. The van der Waals surface area contributed by atoms with Gasteiger partial charge in [0.05, 0.1) is 10.7 Å². The average Bonchev–Trinajstić information content (AvgIpc) is 2.45. The van der Waals surface area contributed by atoms with Crippen molar-refractivity contribution in [2.45, 2.75) is 19.8 Å². The van der Waals surface area contributed by atoms with E-state index in [0.29, 0.717) is 33.8 Å². The number of aromatic nitrogens is 2. The van der Waals surface area contributed by atoms with E-state index in [2.05, 4.69) is 20.8 Å². The van der Waals surface area contributed by atoms with Crippen LogP contribution in [-0.2, 0) is 4.79 Å². The van der Waals surface area contributed by atoms with Crippen LogP contribution in [0.1, 0.15) is 19.8 Å². The highest BCUT2D eigenvalue weighted by molar-refractivity contribution is 6.35. The zero-order valence-electron chi connectivity index (χ0n) is 11.4. The second-order valence-electron chi connectivity index (χ2n) is 4.35. The Kier molecular flexibility index (Phi) is 5.36. The number of rotatable bonds is 5. The van der Waals surface area contributed by atoms with Gasteiger partial charge in [-0.15, -0.1) is 10.2 Å². The van der Waals surface area contributed by atoms with Crippen LogP contribution in [0.2, 0.25) is 10.0 Å². The van der Waals surface area contributed by atoms with Gasteiger partial charge in [0.1, 0.15) is 0 Å². The third kappa shape index (κ3) is 4.58. The lowest BCUT2D eigenvalue weighted by molar-refractivity contribution is -0.116. The predicted molar refractivity (Wildman–Crippen MR) is 85.3 cm³/mol. The maximum absolute atomic E-state index is 11.4. The van der Waals surface area contributed by atoms with Crippen LogP contribution in [-0.4, -0.2) is 16.1 Å². The number of anilines is 3. The van der Waals surface area contributed by atoms with Crippen molar-refractivity contribution < 1.29 is 4.79 Å². The molecule has 0 unspecified atom stereocenters. The van der Waals surface area contributed by atoms with Gasteiger partial charge in [0.2, 0.25) is 5.91 Å². The first-order valence-electron chi connectivity index (χ1n) is 6.44. The van der Waals surface area contributed by atoms with Gasteiger partial charge < -0.3 is 10.6 Å². The lowest BCUT2D eigenvalue weighted by atomic mass is 10.3. The van der Waals surface area contributed by atoms with Gasteiger partial charge in [-0.3, -0.25) is 4.79 Å². The third-order valence-corrected chi connectivity index (χ3v) is 3.16. The summed E-state index contributed by atoms with van der Waals surface area (Å²) in [5.74, 6) is 0.842. The maximum Gasteiger partial charge on any atom is 0.225 e. The van der Waals surface area contributed by atoms with Gasteiger partial charge in [-0.25, -0.2) is 0 Å². The summed E-state index contributed by atoms with van der Waals surface area (Å²) in [6.45, 7) is 1.94. The van der Waals surface area contributed by atoms with Crippen LogP contribution in [0.5, 0.6) is 0 Å². The molecule has 1 heterocycles. The quantitative estimate of drug-likeness (QED) is 0.862. The van der Waals surface area contributed by atoms with E-state index in [1.165, 1.54) is 0 Å². The van der Waals surface area contributed by atoms with Gasteiger partial charge in [-0.05, 0) is 36.8 Å². The third-order valence-electron chi connectivity index (χ3n) is 2.60. The molecular weight excluding hydrogens is 311 g/mol. The standard InChI is InChI=1S/C14H14Cl2N4O/c1-2-3-14(21)18-13-7-6-12(19-20-13)17-11-8-9(15)4-5-10(11)16/h4-8H,2-3H2,1H3,(H,17,19)(H,18,20,21).